The molecular weight excluding hydrogens is 430 g/mol. The Morgan fingerprint density at radius 1 is 0.867 bits per heavy atom. The zero-order valence-corrected chi connectivity index (χ0v) is 18.7. The number of carbonyl (C=O) groups is 1. The van der Waals surface area contributed by atoms with Crippen LogP contribution in [0, 0.1) is 75.0 Å². The number of Topliss-reactive ketones (excluding diaryl/α,β-unsaturated/α-hetero) is 1. The van der Waals surface area contributed by atoms with Gasteiger partial charge < -0.3 is 0 Å². The maximum atomic E-state index is 11.5. The average molecular weight is 451 g/mol. The van der Waals surface area contributed by atoms with Gasteiger partial charge in [-0.1, -0.05) is 24.3 Å². The summed E-state index contributed by atoms with van der Waals surface area (Å²) in [7, 11) is 0. The third kappa shape index (κ3) is 6.24. The smallest absolute Gasteiger partial charge is 0.295 e. The van der Waals surface area contributed by atoms with Gasteiger partial charge in [-0.3, -0.25) is 4.79 Å². The molecular formula is C26H21FeNOS+2. The van der Waals surface area contributed by atoms with Crippen LogP contribution in [0.1, 0.15) is 28.4 Å². The van der Waals surface area contributed by atoms with E-state index in [1.807, 2.05) is 81.5 Å². The van der Waals surface area contributed by atoms with Crippen LogP contribution in [0.2, 0.25) is 0 Å². The Balaban J connectivity index is 0.000000468. The predicted octanol–water partition coefficient (Wildman–Crippen LogP) is 5.92. The van der Waals surface area contributed by atoms with Crippen molar-refractivity contribution in [3.05, 3.63) is 117 Å². The third-order valence-corrected chi connectivity index (χ3v) is 5.37. The summed E-state index contributed by atoms with van der Waals surface area (Å²) in [6, 6.07) is 13.9. The van der Waals surface area contributed by atoms with Crippen molar-refractivity contribution in [3.63, 3.8) is 0 Å². The van der Waals surface area contributed by atoms with Gasteiger partial charge in [0.1, 0.15) is 6.07 Å². The summed E-state index contributed by atoms with van der Waals surface area (Å²) in [6.07, 6.45) is 20.1. The number of rotatable bonds is 4. The van der Waals surface area contributed by atoms with Gasteiger partial charge in [0.05, 0.1) is 5.56 Å². The van der Waals surface area contributed by atoms with Crippen molar-refractivity contribution in [2.24, 2.45) is 0 Å². The van der Waals surface area contributed by atoms with Gasteiger partial charge in [-0.15, -0.1) is 11.8 Å². The van der Waals surface area contributed by atoms with Crippen LogP contribution in [0.15, 0.2) is 41.3 Å². The number of nitriles is 1. The molecule has 2 fully saturated rings. The molecule has 4 heteroatoms. The molecule has 0 N–H and O–H groups in total. The Labute approximate surface area is 196 Å². The molecule has 2 aliphatic rings. The number of thioether (sulfide) groups is 1. The molecule has 0 bridgehead atoms. The van der Waals surface area contributed by atoms with Gasteiger partial charge in [0.2, 0.25) is 0 Å². The zero-order chi connectivity index (χ0) is 20.6. The van der Waals surface area contributed by atoms with E-state index in [-0.39, 0.29) is 22.9 Å². The van der Waals surface area contributed by atoms with Gasteiger partial charge in [-0.05, 0) is 99.8 Å². The van der Waals surface area contributed by atoms with Crippen LogP contribution in [0.25, 0.3) is 11.1 Å². The van der Waals surface area contributed by atoms with Crippen molar-refractivity contribution in [2.45, 2.75) is 11.8 Å². The van der Waals surface area contributed by atoms with Crippen LogP contribution >= 0.6 is 11.8 Å². The fourth-order valence-corrected chi connectivity index (χ4v) is 3.63. The molecule has 0 atom stereocenters. The predicted molar refractivity (Wildman–Crippen MR) is 119 cm³/mol. The summed E-state index contributed by atoms with van der Waals surface area (Å²) >= 11 is 1.57. The molecule has 10 radical (unpaired) electrons. The first kappa shape index (κ1) is 24.7. The van der Waals surface area contributed by atoms with Crippen molar-refractivity contribution in [2.75, 3.05) is 6.26 Å². The van der Waals surface area contributed by atoms with E-state index in [9.17, 15) is 10.1 Å². The zero-order valence-electron chi connectivity index (χ0n) is 16.8. The van der Waals surface area contributed by atoms with Gasteiger partial charge in [-0.25, -0.2) is 0 Å². The minimum Gasteiger partial charge on any atom is -0.295 e. The van der Waals surface area contributed by atoms with Crippen LogP contribution in [0.3, 0.4) is 0 Å². The van der Waals surface area contributed by atoms with Gasteiger partial charge in [0.15, 0.2) is 5.78 Å². The van der Waals surface area contributed by atoms with Gasteiger partial charge in [0.25, 0.3) is 0 Å². The Hall–Kier alpha value is -1.53. The maximum Gasteiger partial charge on any atom is 2.00 e. The van der Waals surface area contributed by atoms with E-state index in [4.69, 9.17) is 0 Å². The summed E-state index contributed by atoms with van der Waals surface area (Å²) in [5.74, 6) is 1.17. The fourth-order valence-electron chi connectivity index (χ4n) is 3.07. The molecule has 0 aromatic heterocycles. The second-order valence-electron chi connectivity index (χ2n) is 6.48. The van der Waals surface area contributed by atoms with Crippen molar-refractivity contribution >= 4 is 17.5 Å². The first-order chi connectivity index (χ1) is 14.1. The number of carbonyl (C=O) groups excluding carboxylic acids is 1. The number of ketones is 1. The summed E-state index contributed by atoms with van der Waals surface area (Å²) in [4.78, 5) is 12.5. The van der Waals surface area contributed by atoms with Crippen molar-refractivity contribution in [3.8, 4) is 17.2 Å². The van der Waals surface area contributed by atoms with E-state index < -0.39 is 0 Å². The van der Waals surface area contributed by atoms with E-state index in [1.165, 1.54) is 0 Å². The quantitative estimate of drug-likeness (QED) is 0.329. The first-order valence-corrected chi connectivity index (χ1v) is 10.5. The molecule has 0 amide bonds. The number of hydrogen-bond donors (Lipinski definition) is 0. The Morgan fingerprint density at radius 2 is 1.43 bits per heavy atom. The van der Waals surface area contributed by atoms with Crippen molar-refractivity contribution in [1.29, 1.82) is 5.26 Å². The van der Waals surface area contributed by atoms with E-state index in [2.05, 4.69) is 25.0 Å². The SMILES string of the molecule is CSc1cc([C]2[CH][CH][CH][CH]2)c(-c2ccc(C(C)=O)cc2)cc1C#N.[CH]1[CH][CH][CH][CH]1.[Fe+2]. The van der Waals surface area contributed by atoms with Gasteiger partial charge >= 0.3 is 17.1 Å². The molecule has 4 rings (SSSR count). The summed E-state index contributed by atoms with van der Waals surface area (Å²) in [6.45, 7) is 1.56. The third-order valence-electron chi connectivity index (χ3n) is 4.59. The normalized spacial score (nSPS) is 15.6. The molecule has 2 nitrogen and oxygen atoms in total. The molecule has 0 aliphatic heterocycles. The summed E-state index contributed by atoms with van der Waals surface area (Å²) in [5.41, 5.74) is 4.46. The molecule has 2 aromatic rings. The fraction of sp³-hybridized carbons (Fsp3) is 0.0769. The number of nitrogens with zero attached hydrogens (tertiary/aromatic N) is 1. The molecule has 148 valence electrons. The minimum absolute atomic E-state index is 0. The largest absolute Gasteiger partial charge is 2.00 e. The van der Waals surface area contributed by atoms with Gasteiger partial charge in [-0.2, -0.15) is 5.26 Å². The minimum atomic E-state index is 0. The molecule has 0 saturated heterocycles. The first-order valence-electron chi connectivity index (χ1n) is 9.26. The molecule has 2 aliphatic carbocycles. The molecule has 2 saturated carbocycles. The van der Waals surface area contributed by atoms with Crippen LogP contribution in [-0.2, 0) is 17.1 Å². The molecule has 2 aromatic carbocycles. The number of hydrogen-bond acceptors (Lipinski definition) is 3. The Kier molecular flexibility index (Phi) is 10.2. The van der Waals surface area contributed by atoms with E-state index >= 15 is 0 Å². The topological polar surface area (TPSA) is 40.9 Å². The van der Waals surface area contributed by atoms with Crippen LogP contribution in [0.5, 0.6) is 0 Å². The summed E-state index contributed by atoms with van der Waals surface area (Å²) < 4.78 is 0. The van der Waals surface area contributed by atoms with Crippen LogP contribution in [-0.4, -0.2) is 12.0 Å². The van der Waals surface area contributed by atoms with Crippen molar-refractivity contribution < 1.29 is 21.9 Å². The standard InChI is InChI=1S/C21H16NOS.C5H5.Fe/c1-14(23)15-7-9-17(10-8-15)19-11-18(13-22)21(24-2)12-20(19)16-5-3-4-6-16;1-2-4-5-3-1;/h3-12H,1-2H3;1-5H;/q;;+2. The molecule has 0 heterocycles. The van der Waals surface area contributed by atoms with Gasteiger partial charge in [0, 0.05) is 16.4 Å². The van der Waals surface area contributed by atoms with E-state index in [0.29, 0.717) is 11.1 Å². The Bertz CT molecular complexity index is 868. The number of benzene rings is 2. The maximum absolute atomic E-state index is 11.5. The monoisotopic (exact) mass is 451 g/mol. The van der Waals surface area contributed by atoms with Crippen LogP contribution in [0.4, 0.5) is 0 Å². The molecule has 30 heavy (non-hydrogen) atoms. The molecule has 0 spiro atoms. The average Bonchev–Trinajstić information content (AvgIpc) is 3.49. The van der Waals surface area contributed by atoms with E-state index in [1.54, 1.807) is 18.7 Å². The molecule has 0 unspecified atom stereocenters. The van der Waals surface area contributed by atoms with Crippen LogP contribution < -0.4 is 0 Å². The summed E-state index contributed by atoms with van der Waals surface area (Å²) in [5, 5.41) is 9.45. The second kappa shape index (κ2) is 12.4. The Morgan fingerprint density at radius 3 is 1.90 bits per heavy atom. The van der Waals surface area contributed by atoms with E-state index in [0.717, 1.165) is 27.5 Å². The second-order valence-corrected chi connectivity index (χ2v) is 7.33. The van der Waals surface area contributed by atoms with Crippen molar-refractivity contribution in [1.82, 2.24) is 0 Å².